The molecular formula is C14H15N5S. The monoisotopic (exact) mass is 285 g/mol. The Bertz CT molecular complexity index is 634. The molecule has 0 fully saturated rings. The van der Waals surface area contributed by atoms with E-state index >= 15 is 0 Å². The largest absolute Gasteiger partial charge is 0.361 e. The summed E-state index contributed by atoms with van der Waals surface area (Å²) >= 11 is 1.68. The molecule has 0 saturated carbocycles. The van der Waals surface area contributed by atoms with Crippen molar-refractivity contribution in [1.29, 1.82) is 0 Å². The third-order valence-electron chi connectivity index (χ3n) is 2.77. The molecule has 0 aliphatic heterocycles. The Morgan fingerprint density at radius 1 is 0.950 bits per heavy atom. The van der Waals surface area contributed by atoms with Crippen molar-refractivity contribution in [3.8, 4) is 0 Å². The van der Waals surface area contributed by atoms with Crippen LogP contribution in [0, 0.1) is 0 Å². The molecule has 0 spiro atoms. The number of nitrogens with one attached hydrogen (secondary N) is 2. The summed E-state index contributed by atoms with van der Waals surface area (Å²) in [6, 6.07) is 9.97. The summed E-state index contributed by atoms with van der Waals surface area (Å²) in [5.41, 5.74) is 1.05. The molecule has 0 saturated heterocycles. The molecule has 0 aliphatic rings. The predicted octanol–water partition coefficient (Wildman–Crippen LogP) is 3.00. The number of thiazole rings is 1. The topological polar surface area (TPSA) is 62.7 Å². The Morgan fingerprint density at radius 2 is 1.75 bits per heavy atom. The number of benzene rings is 1. The predicted molar refractivity (Wildman–Crippen MR) is 83.2 cm³/mol. The smallest absolute Gasteiger partial charge is 0.222 e. The van der Waals surface area contributed by atoms with E-state index in [4.69, 9.17) is 0 Å². The molecule has 0 aliphatic carbocycles. The Hall–Kier alpha value is -2.21. The van der Waals surface area contributed by atoms with Crippen molar-refractivity contribution in [2.24, 2.45) is 0 Å². The van der Waals surface area contributed by atoms with Gasteiger partial charge in [0.15, 0.2) is 5.13 Å². The summed E-state index contributed by atoms with van der Waals surface area (Å²) in [6.45, 7) is 1.71. The van der Waals surface area contributed by atoms with Gasteiger partial charge in [0, 0.05) is 25.5 Å². The van der Waals surface area contributed by atoms with Gasteiger partial charge in [0.25, 0.3) is 0 Å². The second-order valence-electron chi connectivity index (χ2n) is 4.27. The van der Waals surface area contributed by atoms with Gasteiger partial charge in [-0.05, 0) is 24.6 Å². The highest BCUT2D eigenvalue weighted by molar-refractivity contribution is 7.22. The van der Waals surface area contributed by atoms with Crippen LogP contribution < -0.4 is 10.6 Å². The number of aromatic nitrogens is 3. The molecule has 2 heterocycles. The van der Waals surface area contributed by atoms with E-state index < -0.39 is 0 Å². The molecule has 0 bridgehead atoms. The lowest BCUT2D eigenvalue weighted by Gasteiger charge is -2.04. The van der Waals surface area contributed by atoms with Crippen molar-refractivity contribution in [2.45, 2.75) is 6.42 Å². The van der Waals surface area contributed by atoms with Gasteiger partial charge in [0.05, 0.1) is 10.2 Å². The van der Waals surface area contributed by atoms with Crippen LogP contribution in [0.25, 0.3) is 10.2 Å². The second-order valence-corrected chi connectivity index (χ2v) is 5.30. The second kappa shape index (κ2) is 6.29. The quantitative estimate of drug-likeness (QED) is 0.682. The molecule has 0 amide bonds. The maximum atomic E-state index is 4.53. The highest BCUT2D eigenvalue weighted by Gasteiger charge is 2.01. The van der Waals surface area contributed by atoms with E-state index in [1.807, 2.05) is 18.2 Å². The molecule has 20 heavy (non-hydrogen) atoms. The number of hydrogen-bond donors (Lipinski definition) is 2. The SMILES string of the molecule is c1cnc(NCCCNc2nc3ccccc3s2)nc1. The Labute approximate surface area is 121 Å². The number of para-hydroxylation sites is 1. The van der Waals surface area contributed by atoms with E-state index in [-0.39, 0.29) is 0 Å². The normalized spacial score (nSPS) is 10.6. The first-order valence-corrected chi connectivity index (χ1v) is 7.34. The molecule has 5 nitrogen and oxygen atoms in total. The van der Waals surface area contributed by atoms with Crippen LogP contribution in [0.1, 0.15) is 6.42 Å². The van der Waals surface area contributed by atoms with Gasteiger partial charge in [-0.2, -0.15) is 0 Å². The molecule has 102 valence electrons. The van der Waals surface area contributed by atoms with Crippen molar-refractivity contribution < 1.29 is 0 Å². The fourth-order valence-electron chi connectivity index (χ4n) is 1.82. The fourth-order valence-corrected chi connectivity index (χ4v) is 2.71. The number of fused-ring (bicyclic) bond motifs is 1. The minimum absolute atomic E-state index is 0.674. The minimum Gasteiger partial charge on any atom is -0.361 e. The summed E-state index contributed by atoms with van der Waals surface area (Å²) in [5.74, 6) is 0.674. The van der Waals surface area contributed by atoms with E-state index in [1.165, 1.54) is 4.70 Å². The third kappa shape index (κ3) is 3.21. The van der Waals surface area contributed by atoms with E-state index in [1.54, 1.807) is 29.8 Å². The number of rotatable bonds is 6. The van der Waals surface area contributed by atoms with Crippen LogP contribution in [-0.2, 0) is 0 Å². The van der Waals surface area contributed by atoms with Gasteiger partial charge >= 0.3 is 0 Å². The molecule has 3 rings (SSSR count). The van der Waals surface area contributed by atoms with Gasteiger partial charge in [0.1, 0.15) is 0 Å². The van der Waals surface area contributed by atoms with Crippen LogP contribution in [0.3, 0.4) is 0 Å². The average molecular weight is 285 g/mol. The summed E-state index contributed by atoms with van der Waals surface area (Å²) in [7, 11) is 0. The Balaban J connectivity index is 1.43. The molecule has 0 radical (unpaired) electrons. The van der Waals surface area contributed by atoms with Crippen molar-refractivity contribution in [3.05, 3.63) is 42.7 Å². The maximum absolute atomic E-state index is 4.53. The first-order chi connectivity index (χ1) is 9.92. The van der Waals surface area contributed by atoms with Crippen LogP contribution >= 0.6 is 11.3 Å². The van der Waals surface area contributed by atoms with Gasteiger partial charge in [-0.25, -0.2) is 15.0 Å². The molecule has 3 aromatic rings. The van der Waals surface area contributed by atoms with Crippen molar-refractivity contribution in [3.63, 3.8) is 0 Å². The van der Waals surface area contributed by atoms with E-state index in [0.29, 0.717) is 5.95 Å². The lowest BCUT2D eigenvalue weighted by Crippen LogP contribution is -2.10. The lowest BCUT2D eigenvalue weighted by atomic mass is 10.3. The molecule has 0 unspecified atom stereocenters. The van der Waals surface area contributed by atoms with Crippen molar-refractivity contribution >= 4 is 32.6 Å². The molecular weight excluding hydrogens is 270 g/mol. The van der Waals surface area contributed by atoms with Crippen LogP contribution in [0.5, 0.6) is 0 Å². The standard InChI is InChI=1S/C14H15N5S/c1-2-6-12-11(5-1)19-14(20-12)18-10-4-9-17-13-15-7-3-8-16-13/h1-3,5-8H,4,9-10H2,(H,18,19)(H,15,16,17). The summed E-state index contributed by atoms with van der Waals surface area (Å²) < 4.78 is 1.21. The number of hydrogen-bond acceptors (Lipinski definition) is 6. The van der Waals surface area contributed by atoms with Gasteiger partial charge in [-0.15, -0.1) is 0 Å². The van der Waals surface area contributed by atoms with Crippen molar-refractivity contribution in [1.82, 2.24) is 15.0 Å². The Morgan fingerprint density at radius 3 is 2.60 bits per heavy atom. The van der Waals surface area contributed by atoms with Crippen LogP contribution in [0.15, 0.2) is 42.7 Å². The van der Waals surface area contributed by atoms with Crippen molar-refractivity contribution in [2.75, 3.05) is 23.7 Å². The molecule has 0 atom stereocenters. The van der Waals surface area contributed by atoms with E-state index in [0.717, 1.165) is 30.2 Å². The lowest BCUT2D eigenvalue weighted by molar-refractivity contribution is 0.894. The van der Waals surface area contributed by atoms with Crippen LogP contribution in [0.4, 0.5) is 11.1 Å². The first kappa shape index (κ1) is 12.8. The zero-order valence-corrected chi connectivity index (χ0v) is 11.7. The highest BCUT2D eigenvalue weighted by atomic mass is 32.1. The van der Waals surface area contributed by atoms with Gasteiger partial charge in [-0.1, -0.05) is 23.5 Å². The van der Waals surface area contributed by atoms with Crippen LogP contribution in [0.2, 0.25) is 0 Å². The third-order valence-corrected chi connectivity index (χ3v) is 3.77. The molecule has 2 N–H and O–H groups in total. The minimum atomic E-state index is 0.674. The van der Waals surface area contributed by atoms with Gasteiger partial charge in [0.2, 0.25) is 5.95 Å². The summed E-state index contributed by atoms with van der Waals surface area (Å²) in [6.07, 6.45) is 4.44. The molecule has 2 aromatic heterocycles. The maximum Gasteiger partial charge on any atom is 0.222 e. The number of nitrogens with zero attached hydrogens (tertiary/aromatic N) is 3. The molecule has 6 heteroatoms. The molecule has 1 aromatic carbocycles. The average Bonchev–Trinajstić information content (AvgIpc) is 2.90. The van der Waals surface area contributed by atoms with Gasteiger partial charge in [-0.3, -0.25) is 0 Å². The van der Waals surface area contributed by atoms with Crippen LogP contribution in [-0.4, -0.2) is 28.0 Å². The summed E-state index contributed by atoms with van der Waals surface area (Å²) in [4.78, 5) is 12.8. The van der Waals surface area contributed by atoms with E-state index in [9.17, 15) is 0 Å². The summed E-state index contributed by atoms with van der Waals surface area (Å²) in [5, 5.41) is 7.50. The highest BCUT2D eigenvalue weighted by Crippen LogP contribution is 2.25. The first-order valence-electron chi connectivity index (χ1n) is 6.52. The van der Waals surface area contributed by atoms with Gasteiger partial charge < -0.3 is 10.6 Å². The number of anilines is 2. The Kier molecular flexibility index (Phi) is 4.03. The zero-order valence-electron chi connectivity index (χ0n) is 10.9. The van der Waals surface area contributed by atoms with E-state index in [2.05, 4.69) is 31.7 Å². The zero-order chi connectivity index (χ0) is 13.6. The fraction of sp³-hybridized carbons (Fsp3) is 0.214.